The number of halogens is 3. The molecule has 7 heteroatoms. The number of aliphatic hydroxyl groups excluding tert-OH is 1. The zero-order chi connectivity index (χ0) is 25.3. The van der Waals surface area contributed by atoms with Gasteiger partial charge in [-0.15, -0.1) is 0 Å². The van der Waals surface area contributed by atoms with Crippen molar-refractivity contribution >= 4 is 0 Å². The summed E-state index contributed by atoms with van der Waals surface area (Å²) in [5.41, 5.74) is 4.48. The zero-order valence-electron chi connectivity index (χ0n) is 21.0. The lowest BCUT2D eigenvalue weighted by molar-refractivity contribution is -0.137. The highest BCUT2D eigenvalue weighted by molar-refractivity contribution is 5.54. The van der Waals surface area contributed by atoms with E-state index in [0.29, 0.717) is 25.2 Å². The molecule has 6 rings (SSSR count). The van der Waals surface area contributed by atoms with Crippen molar-refractivity contribution in [2.45, 2.75) is 103 Å². The molecule has 3 heterocycles. The average molecular weight is 518 g/mol. The Morgan fingerprint density at radius 1 is 1.00 bits per heavy atom. The molecule has 37 heavy (non-hydrogen) atoms. The first-order chi connectivity index (χ1) is 17.1. The molecule has 4 aliphatic rings. The fourth-order valence-electron chi connectivity index (χ4n) is 7.11. The quantitative estimate of drug-likeness (QED) is 0.448. The molecule has 2 aliphatic carbocycles. The smallest absolute Gasteiger partial charge is 0.388 e. The topological polar surface area (TPSA) is 51.6 Å². The Labute approximate surface area is 217 Å². The number of fused-ring (bicyclic) bond motifs is 4. The maximum absolute atomic E-state index is 13.3. The van der Waals surface area contributed by atoms with E-state index in [1.165, 1.54) is 0 Å². The molecule has 1 N–H and O–H groups in total. The van der Waals surface area contributed by atoms with Gasteiger partial charge in [0.05, 0.1) is 23.0 Å². The average Bonchev–Trinajstić information content (AvgIpc) is 3.43. The minimum Gasteiger partial charge on any atom is -0.388 e. The molecular formula is C30H38F3NO3. The van der Waals surface area contributed by atoms with Crippen LogP contribution in [0, 0.1) is 5.41 Å². The van der Waals surface area contributed by atoms with E-state index >= 15 is 0 Å². The number of nitrogens with zero attached hydrogens (tertiary/aromatic N) is 1. The number of hydrogen-bond donors (Lipinski definition) is 1. The largest absolute Gasteiger partial charge is 0.416 e. The van der Waals surface area contributed by atoms with Gasteiger partial charge in [0.15, 0.2) is 0 Å². The van der Waals surface area contributed by atoms with Crippen molar-refractivity contribution in [3.05, 3.63) is 63.5 Å². The number of hydrogen-bond acceptors (Lipinski definition) is 4. The lowest BCUT2D eigenvalue weighted by atomic mass is 9.70. The molecule has 0 radical (unpaired) electrons. The predicted octanol–water partition coefficient (Wildman–Crippen LogP) is 7.53. The van der Waals surface area contributed by atoms with Gasteiger partial charge in [-0.25, -0.2) is 0 Å². The number of alkyl halides is 3. The summed E-state index contributed by atoms with van der Waals surface area (Å²) in [4.78, 5) is 5.27. The van der Waals surface area contributed by atoms with Crippen LogP contribution in [0.5, 0.6) is 0 Å². The summed E-state index contributed by atoms with van der Waals surface area (Å²) in [5.74, 6) is 0.206. The first kappa shape index (κ1) is 26.6. The molecule has 1 saturated heterocycles. The molecular weight excluding hydrogens is 479 g/mol. The van der Waals surface area contributed by atoms with Crippen molar-refractivity contribution in [1.29, 1.82) is 0 Å². The van der Waals surface area contributed by atoms with E-state index in [2.05, 4.69) is 13.8 Å². The van der Waals surface area contributed by atoms with Crippen LogP contribution in [0.3, 0.4) is 0 Å². The van der Waals surface area contributed by atoms with Crippen LogP contribution in [0.15, 0.2) is 24.3 Å². The van der Waals surface area contributed by atoms with E-state index in [1.807, 2.05) is 0 Å². The normalized spacial score (nSPS) is 26.5. The Kier molecular flexibility index (Phi) is 6.73. The molecule has 4 nitrogen and oxygen atoms in total. The second-order valence-electron chi connectivity index (χ2n) is 11.9. The number of benzene rings is 1. The van der Waals surface area contributed by atoms with Crippen molar-refractivity contribution in [3.8, 4) is 0 Å². The Hall–Kier alpha value is -1.96. The summed E-state index contributed by atoms with van der Waals surface area (Å²) in [6.45, 7) is 5.69. The van der Waals surface area contributed by atoms with Gasteiger partial charge in [0.2, 0.25) is 0 Å². The van der Waals surface area contributed by atoms with Gasteiger partial charge < -0.3 is 14.6 Å². The van der Waals surface area contributed by atoms with Gasteiger partial charge in [0, 0.05) is 36.0 Å². The van der Waals surface area contributed by atoms with Crippen molar-refractivity contribution in [2.24, 2.45) is 5.41 Å². The van der Waals surface area contributed by atoms with Crippen LogP contribution in [0.4, 0.5) is 13.2 Å². The molecule has 1 spiro atoms. The number of aliphatic hydroxyl groups is 1. The third kappa shape index (κ3) is 4.51. The van der Waals surface area contributed by atoms with Gasteiger partial charge in [0.25, 0.3) is 0 Å². The standard InChI is InChI=1S/C29H34F3NO3.CH4/c1-27(2)15-20-22(21(34)16-27)24-23(25(33-20)17-9-13-35-14-10-17)26(36-28(24)11-3-4-12-28)18-5-7-19(8-6-18)29(30,31)32;/h5-8,17,21,26,34H,3-4,9-16H2,1-2H3;1H4/t21-,26-;/m0./s1. The van der Waals surface area contributed by atoms with Gasteiger partial charge in [-0.3, -0.25) is 4.98 Å². The van der Waals surface area contributed by atoms with Crippen LogP contribution in [-0.2, 0) is 27.7 Å². The monoisotopic (exact) mass is 517 g/mol. The molecule has 1 saturated carbocycles. The van der Waals surface area contributed by atoms with E-state index in [9.17, 15) is 18.3 Å². The van der Waals surface area contributed by atoms with Gasteiger partial charge in [-0.2, -0.15) is 13.2 Å². The van der Waals surface area contributed by atoms with Crippen LogP contribution in [-0.4, -0.2) is 23.3 Å². The second kappa shape index (κ2) is 9.35. The van der Waals surface area contributed by atoms with Crippen LogP contribution in [0.1, 0.15) is 124 Å². The molecule has 2 fully saturated rings. The predicted molar refractivity (Wildman–Crippen MR) is 135 cm³/mol. The van der Waals surface area contributed by atoms with E-state index in [0.717, 1.165) is 85.2 Å². The molecule has 2 atom stereocenters. The molecule has 2 aliphatic heterocycles. The molecule has 0 bridgehead atoms. The number of rotatable bonds is 2. The first-order valence-electron chi connectivity index (χ1n) is 13.3. The number of ether oxygens (including phenoxy) is 2. The lowest BCUT2D eigenvalue weighted by Gasteiger charge is -2.38. The summed E-state index contributed by atoms with van der Waals surface area (Å²) in [6.07, 6.45) is 1.45. The molecule has 0 amide bonds. The van der Waals surface area contributed by atoms with Crippen LogP contribution in [0.2, 0.25) is 0 Å². The maximum atomic E-state index is 13.3. The molecule has 1 aromatic carbocycles. The van der Waals surface area contributed by atoms with Gasteiger partial charge in [-0.05, 0) is 67.2 Å². The van der Waals surface area contributed by atoms with Crippen molar-refractivity contribution < 1.29 is 27.8 Å². The Balaban J connectivity index is 0.00000280. The third-order valence-corrected chi connectivity index (χ3v) is 8.73. The van der Waals surface area contributed by atoms with Crippen molar-refractivity contribution in [3.63, 3.8) is 0 Å². The van der Waals surface area contributed by atoms with Crippen LogP contribution >= 0.6 is 0 Å². The third-order valence-electron chi connectivity index (χ3n) is 8.73. The van der Waals surface area contributed by atoms with Crippen LogP contribution in [0.25, 0.3) is 0 Å². The summed E-state index contributed by atoms with van der Waals surface area (Å²) >= 11 is 0. The minimum atomic E-state index is -4.38. The number of pyridine rings is 1. The number of aromatic nitrogens is 1. The van der Waals surface area contributed by atoms with Crippen LogP contribution < -0.4 is 0 Å². The maximum Gasteiger partial charge on any atom is 0.416 e. The summed E-state index contributed by atoms with van der Waals surface area (Å²) < 4.78 is 52.5. The van der Waals surface area contributed by atoms with Gasteiger partial charge >= 0.3 is 6.18 Å². The SMILES string of the molecule is C.CC1(C)Cc2nc(C3CCOCC3)c3c(c2[C@@H](O)C1)C1(CCCC1)O[C@H]3c1ccc(C(F)(F)F)cc1. The minimum absolute atomic E-state index is 0. The fourth-order valence-corrected chi connectivity index (χ4v) is 7.11. The highest BCUT2D eigenvalue weighted by Gasteiger charge is 2.53. The summed E-state index contributed by atoms with van der Waals surface area (Å²) in [5, 5.41) is 11.4. The summed E-state index contributed by atoms with van der Waals surface area (Å²) in [6, 6.07) is 5.40. The molecule has 202 valence electrons. The highest BCUT2D eigenvalue weighted by Crippen LogP contribution is 2.60. The Morgan fingerprint density at radius 3 is 2.27 bits per heavy atom. The van der Waals surface area contributed by atoms with E-state index < -0.39 is 29.5 Å². The van der Waals surface area contributed by atoms with Gasteiger partial charge in [0.1, 0.15) is 6.10 Å². The van der Waals surface area contributed by atoms with Crippen molar-refractivity contribution in [1.82, 2.24) is 4.98 Å². The fraction of sp³-hybridized carbons (Fsp3) is 0.633. The Bertz CT molecular complexity index is 1150. The highest BCUT2D eigenvalue weighted by atomic mass is 19.4. The van der Waals surface area contributed by atoms with Crippen molar-refractivity contribution in [2.75, 3.05) is 13.2 Å². The van der Waals surface area contributed by atoms with E-state index in [4.69, 9.17) is 14.5 Å². The summed E-state index contributed by atoms with van der Waals surface area (Å²) in [7, 11) is 0. The second-order valence-corrected chi connectivity index (χ2v) is 11.9. The Morgan fingerprint density at radius 2 is 1.65 bits per heavy atom. The lowest BCUT2D eigenvalue weighted by Crippen LogP contribution is -2.32. The molecule has 1 aromatic heterocycles. The first-order valence-corrected chi connectivity index (χ1v) is 13.3. The van der Waals surface area contributed by atoms with Gasteiger partial charge in [-0.1, -0.05) is 46.2 Å². The molecule has 0 unspecified atom stereocenters. The molecule has 2 aromatic rings. The van der Waals surface area contributed by atoms with E-state index in [-0.39, 0.29) is 18.8 Å². The zero-order valence-corrected chi connectivity index (χ0v) is 21.0. The van der Waals surface area contributed by atoms with E-state index in [1.54, 1.807) is 12.1 Å².